The molecule has 11 heteroatoms. The van der Waals surface area contributed by atoms with Crippen molar-refractivity contribution in [1.82, 2.24) is 27.4 Å². The summed E-state index contributed by atoms with van der Waals surface area (Å²) in [6, 6.07) is 13.8. The molecular weight excluding hydrogens is 488 g/mol. The summed E-state index contributed by atoms with van der Waals surface area (Å²) in [6.45, 7) is 4.11. The van der Waals surface area contributed by atoms with E-state index < -0.39 is 5.69 Å². The molecule has 0 spiro atoms. The summed E-state index contributed by atoms with van der Waals surface area (Å²) in [5.41, 5.74) is 10.9. The quantitative estimate of drug-likeness (QED) is 0.381. The lowest BCUT2D eigenvalue weighted by atomic mass is 10.1. The van der Waals surface area contributed by atoms with Crippen LogP contribution in [0.5, 0.6) is 0 Å². The normalized spacial score (nSPS) is 16.2. The zero-order chi connectivity index (χ0) is 25.7. The smallest absolute Gasteiger partial charge is 0.332 e. The number of fused-ring (bicyclic) bond motifs is 2. The van der Waals surface area contributed by atoms with E-state index in [0.717, 1.165) is 58.8 Å². The van der Waals surface area contributed by atoms with Crippen LogP contribution < -0.4 is 21.9 Å². The van der Waals surface area contributed by atoms with Gasteiger partial charge in [-0.3, -0.25) is 18.5 Å². The number of anilines is 1. The fraction of sp³-hybridized carbons (Fsp3) is 0.346. The molecule has 0 saturated carbocycles. The minimum Gasteiger partial charge on any atom is -0.341 e. The van der Waals surface area contributed by atoms with E-state index in [4.69, 9.17) is 10.7 Å². The van der Waals surface area contributed by atoms with Crippen molar-refractivity contribution in [2.24, 2.45) is 12.8 Å². The van der Waals surface area contributed by atoms with Crippen LogP contribution in [0.2, 0.25) is 0 Å². The maximum Gasteiger partial charge on any atom is 0.332 e. The van der Waals surface area contributed by atoms with Crippen molar-refractivity contribution in [1.29, 1.82) is 0 Å². The number of hydrogen-bond donors (Lipinski definition) is 1. The molecule has 0 aliphatic carbocycles. The van der Waals surface area contributed by atoms with Gasteiger partial charge in [-0.05, 0) is 48.6 Å². The van der Waals surface area contributed by atoms with Gasteiger partial charge in [0.25, 0.3) is 5.56 Å². The molecule has 1 aliphatic rings. The first-order valence-electron chi connectivity index (χ1n) is 12.4. The first-order valence-corrected chi connectivity index (χ1v) is 13.1. The van der Waals surface area contributed by atoms with Crippen molar-refractivity contribution in [3.63, 3.8) is 0 Å². The zero-order valence-electron chi connectivity index (χ0n) is 20.8. The van der Waals surface area contributed by atoms with Crippen LogP contribution in [-0.2, 0) is 20.1 Å². The molecule has 5 aromatic rings. The van der Waals surface area contributed by atoms with Gasteiger partial charge in [0.2, 0.25) is 5.95 Å². The second kappa shape index (κ2) is 9.24. The third kappa shape index (κ3) is 4.13. The molecule has 1 atom stereocenters. The third-order valence-electron chi connectivity index (χ3n) is 7.20. The number of aromatic nitrogens is 6. The highest BCUT2D eigenvalue weighted by atomic mass is 32.1. The molecule has 0 bridgehead atoms. The number of rotatable bonds is 5. The topological polar surface area (TPSA) is 117 Å². The number of nitrogens with zero attached hydrogens (tertiary/aromatic N) is 7. The Labute approximate surface area is 216 Å². The molecule has 10 nitrogen and oxygen atoms in total. The highest BCUT2D eigenvalue weighted by molar-refractivity contribution is 7.00. The monoisotopic (exact) mass is 516 g/mol. The fourth-order valence-electron chi connectivity index (χ4n) is 5.15. The summed E-state index contributed by atoms with van der Waals surface area (Å²) in [6.07, 6.45) is 1.91. The number of benzene rings is 2. The van der Waals surface area contributed by atoms with Crippen LogP contribution in [0.15, 0.2) is 52.1 Å². The summed E-state index contributed by atoms with van der Waals surface area (Å²) in [5.74, 6) is 0.674. The molecule has 6 rings (SSSR count). The lowest BCUT2D eigenvalue weighted by Crippen LogP contribution is -2.44. The highest BCUT2D eigenvalue weighted by Gasteiger charge is 2.26. The van der Waals surface area contributed by atoms with Gasteiger partial charge < -0.3 is 10.6 Å². The second-order valence-electron chi connectivity index (χ2n) is 9.77. The van der Waals surface area contributed by atoms with Crippen LogP contribution in [-0.4, -0.2) is 46.6 Å². The fourth-order valence-corrected chi connectivity index (χ4v) is 5.67. The molecule has 2 aromatic carbocycles. The lowest BCUT2D eigenvalue weighted by Gasteiger charge is -2.32. The Morgan fingerprint density at radius 2 is 1.86 bits per heavy atom. The minimum absolute atomic E-state index is 0.0380. The van der Waals surface area contributed by atoms with Gasteiger partial charge in [-0.2, -0.15) is 13.7 Å². The Kier molecular flexibility index (Phi) is 5.88. The summed E-state index contributed by atoms with van der Waals surface area (Å²) in [4.78, 5) is 34.4. The molecule has 1 fully saturated rings. The van der Waals surface area contributed by atoms with E-state index in [0.29, 0.717) is 30.2 Å². The molecule has 190 valence electrons. The van der Waals surface area contributed by atoms with Gasteiger partial charge in [0, 0.05) is 26.2 Å². The predicted molar refractivity (Wildman–Crippen MR) is 145 cm³/mol. The van der Waals surface area contributed by atoms with Gasteiger partial charge in [-0.15, -0.1) is 0 Å². The Morgan fingerprint density at radius 3 is 2.68 bits per heavy atom. The van der Waals surface area contributed by atoms with Crippen molar-refractivity contribution < 1.29 is 0 Å². The average Bonchev–Trinajstić information content (AvgIpc) is 3.51. The lowest BCUT2D eigenvalue weighted by molar-refractivity contribution is 0.495. The number of nitrogens with two attached hydrogens (primary N) is 1. The molecule has 0 radical (unpaired) electrons. The van der Waals surface area contributed by atoms with E-state index >= 15 is 0 Å². The van der Waals surface area contributed by atoms with E-state index in [1.54, 1.807) is 7.05 Å². The summed E-state index contributed by atoms with van der Waals surface area (Å²) in [5, 5.41) is 0. The molecule has 0 unspecified atom stereocenters. The maximum atomic E-state index is 14.0. The van der Waals surface area contributed by atoms with Crippen LogP contribution >= 0.6 is 11.7 Å². The highest BCUT2D eigenvalue weighted by Crippen LogP contribution is 2.25. The molecule has 1 saturated heterocycles. The van der Waals surface area contributed by atoms with Crippen LogP contribution in [0, 0.1) is 6.92 Å². The van der Waals surface area contributed by atoms with Crippen LogP contribution in [0.1, 0.15) is 29.5 Å². The van der Waals surface area contributed by atoms with Crippen molar-refractivity contribution in [2.45, 2.75) is 38.9 Å². The maximum absolute atomic E-state index is 14.0. The molecule has 3 aromatic heterocycles. The molecule has 1 aliphatic heterocycles. The molecule has 4 heterocycles. The van der Waals surface area contributed by atoms with Gasteiger partial charge in [0.1, 0.15) is 11.0 Å². The van der Waals surface area contributed by atoms with Gasteiger partial charge in [0.15, 0.2) is 11.2 Å². The Hall–Kier alpha value is -3.83. The summed E-state index contributed by atoms with van der Waals surface area (Å²) >= 11 is 1.14. The van der Waals surface area contributed by atoms with E-state index in [1.807, 2.05) is 34.9 Å². The molecule has 37 heavy (non-hydrogen) atoms. The van der Waals surface area contributed by atoms with Crippen LogP contribution in [0.3, 0.4) is 0 Å². The van der Waals surface area contributed by atoms with Crippen molar-refractivity contribution in [3.05, 3.63) is 80.0 Å². The number of aryl methyl sites for hydroxylation is 2. The second-order valence-corrected chi connectivity index (χ2v) is 10.3. The van der Waals surface area contributed by atoms with E-state index in [1.165, 1.54) is 9.13 Å². The Morgan fingerprint density at radius 1 is 1.05 bits per heavy atom. The molecule has 0 amide bonds. The van der Waals surface area contributed by atoms with Crippen molar-refractivity contribution in [3.8, 4) is 0 Å². The van der Waals surface area contributed by atoms with E-state index in [9.17, 15) is 9.59 Å². The van der Waals surface area contributed by atoms with Crippen LogP contribution in [0.25, 0.3) is 22.2 Å². The number of imidazole rings is 1. The number of hydrogen-bond acceptors (Lipinski definition) is 8. The van der Waals surface area contributed by atoms with Crippen molar-refractivity contribution in [2.75, 3.05) is 18.0 Å². The summed E-state index contributed by atoms with van der Waals surface area (Å²) < 4.78 is 13.2. The third-order valence-corrected chi connectivity index (χ3v) is 7.76. The zero-order valence-corrected chi connectivity index (χ0v) is 21.6. The SMILES string of the molecule is Cc1ccccc1Cn1c(N2CCC[C@@H](N)C2)nc2c1c(=O)n(Cc1ccc3nsnc3c1)c(=O)n2C. The Balaban J connectivity index is 1.55. The minimum atomic E-state index is -0.406. The standard InChI is InChI=1S/C26H28N8O2S/c1-16-6-3-4-7-18(16)14-33-22-23(28-25(33)32-11-5-8-19(27)15-32)31(2)26(36)34(24(22)35)13-17-9-10-20-21(12-17)30-37-29-20/h3-4,6-7,9-10,12,19H,5,8,11,13-15,27H2,1-2H3/t19-/m1/s1. The Bertz CT molecular complexity index is 1750. The first kappa shape index (κ1) is 23.6. The van der Waals surface area contributed by atoms with Crippen LogP contribution in [0.4, 0.5) is 5.95 Å². The number of piperidine rings is 1. The largest absolute Gasteiger partial charge is 0.341 e. The van der Waals surface area contributed by atoms with Gasteiger partial charge in [-0.1, -0.05) is 30.3 Å². The van der Waals surface area contributed by atoms with Gasteiger partial charge in [0.05, 0.1) is 24.8 Å². The van der Waals surface area contributed by atoms with Gasteiger partial charge in [-0.25, -0.2) is 4.79 Å². The summed E-state index contributed by atoms with van der Waals surface area (Å²) in [7, 11) is 1.67. The average molecular weight is 517 g/mol. The van der Waals surface area contributed by atoms with E-state index in [-0.39, 0.29) is 18.1 Å². The van der Waals surface area contributed by atoms with Crippen molar-refractivity contribution >= 4 is 39.9 Å². The molecule has 2 N–H and O–H groups in total. The van der Waals surface area contributed by atoms with E-state index in [2.05, 4.69) is 32.7 Å². The van der Waals surface area contributed by atoms with Gasteiger partial charge >= 0.3 is 5.69 Å². The molecular formula is C26H28N8O2S. The predicted octanol–water partition coefficient (Wildman–Crippen LogP) is 2.23. The first-order chi connectivity index (χ1) is 17.9.